The van der Waals surface area contributed by atoms with Gasteiger partial charge >= 0.3 is 6.01 Å². The maximum absolute atomic E-state index is 12.1. The van der Waals surface area contributed by atoms with Crippen molar-refractivity contribution in [2.45, 2.75) is 27.2 Å². The molecule has 33 heavy (non-hydrogen) atoms. The number of benzene rings is 2. The third-order valence-electron chi connectivity index (χ3n) is 4.87. The quantitative estimate of drug-likeness (QED) is 0.463. The number of fused-ring (bicyclic) bond motifs is 1. The summed E-state index contributed by atoms with van der Waals surface area (Å²) in [5.41, 5.74) is 2.31. The Labute approximate surface area is 192 Å². The van der Waals surface area contributed by atoms with Crippen LogP contribution < -0.4 is 19.5 Å². The lowest BCUT2D eigenvalue weighted by molar-refractivity contribution is -0.116. The van der Waals surface area contributed by atoms with Crippen LogP contribution in [0.1, 0.15) is 27.2 Å². The van der Waals surface area contributed by atoms with E-state index in [1.54, 1.807) is 4.68 Å². The second-order valence-electron chi connectivity index (χ2n) is 7.94. The highest BCUT2D eigenvalue weighted by Gasteiger charge is 2.19. The summed E-state index contributed by atoms with van der Waals surface area (Å²) in [7, 11) is 0. The van der Waals surface area contributed by atoms with Crippen molar-refractivity contribution < 1.29 is 23.7 Å². The standard InChI is InChI=1S/C24H28N4O5/c1-4-30-11-12-31-24-26-23(17-5-10-20-21(14-17)33-15-32-20)28(27-24)19-8-6-18(7-9-19)25-22(29)13-16(2)3/h5-10,14,16H,4,11-13,15H2,1-3H3,(H,25,29). The van der Waals surface area contributed by atoms with Crippen molar-refractivity contribution in [1.29, 1.82) is 0 Å². The minimum absolute atomic E-state index is 0.00969. The van der Waals surface area contributed by atoms with Crippen molar-refractivity contribution in [3.05, 3.63) is 42.5 Å². The molecule has 0 fully saturated rings. The first kappa shape index (κ1) is 22.6. The Balaban J connectivity index is 1.60. The van der Waals surface area contributed by atoms with Crippen LogP contribution in [0.2, 0.25) is 0 Å². The van der Waals surface area contributed by atoms with Crippen molar-refractivity contribution in [3.8, 4) is 34.6 Å². The largest absolute Gasteiger partial charge is 0.460 e. The van der Waals surface area contributed by atoms with Crippen LogP contribution in [0.3, 0.4) is 0 Å². The third-order valence-corrected chi connectivity index (χ3v) is 4.87. The van der Waals surface area contributed by atoms with Crippen molar-refractivity contribution >= 4 is 11.6 Å². The van der Waals surface area contributed by atoms with Gasteiger partial charge in [-0.1, -0.05) is 13.8 Å². The second-order valence-corrected chi connectivity index (χ2v) is 7.94. The molecule has 4 rings (SSSR count). The van der Waals surface area contributed by atoms with Gasteiger partial charge in [0.05, 0.1) is 12.3 Å². The molecule has 9 heteroatoms. The molecule has 2 aromatic carbocycles. The van der Waals surface area contributed by atoms with E-state index in [0.29, 0.717) is 49.5 Å². The van der Waals surface area contributed by atoms with Gasteiger partial charge in [-0.15, -0.1) is 5.10 Å². The Hall–Kier alpha value is -3.59. The lowest BCUT2D eigenvalue weighted by atomic mass is 10.1. The van der Waals surface area contributed by atoms with Gasteiger partial charge in [0.25, 0.3) is 0 Å². The molecule has 1 aliphatic heterocycles. The van der Waals surface area contributed by atoms with Crippen molar-refractivity contribution in [2.75, 3.05) is 31.9 Å². The molecule has 1 amide bonds. The average molecular weight is 453 g/mol. The smallest absolute Gasteiger partial charge is 0.336 e. The topological polar surface area (TPSA) is 96.7 Å². The summed E-state index contributed by atoms with van der Waals surface area (Å²) in [4.78, 5) is 16.7. The van der Waals surface area contributed by atoms with Crippen LogP contribution in [0.4, 0.5) is 5.69 Å². The molecule has 1 aliphatic rings. The molecule has 0 radical (unpaired) electrons. The van der Waals surface area contributed by atoms with Gasteiger partial charge in [0, 0.05) is 24.3 Å². The predicted molar refractivity (Wildman–Crippen MR) is 123 cm³/mol. The molecule has 0 saturated carbocycles. The van der Waals surface area contributed by atoms with Crippen molar-refractivity contribution in [3.63, 3.8) is 0 Å². The lowest BCUT2D eigenvalue weighted by Gasteiger charge is -2.09. The monoisotopic (exact) mass is 452 g/mol. The molecule has 0 unspecified atom stereocenters. The van der Waals surface area contributed by atoms with Crippen LogP contribution in [0.5, 0.6) is 17.5 Å². The van der Waals surface area contributed by atoms with Gasteiger partial charge in [-0.25, -0.2) is 4.68 Å². The Morgan fingerprint density at radius 3 is 2.67 bits per heavy atom. The van der Waals surface area contributed by atoms with Gasteiger partial charge in [-0.2, -0.15) is 4.98 Å². The number of carbonyl (C=O) groups excluding carboxylic acids is 1. The molecule has 0 spiro atoms. The SMILES string of the molecule is CCOCCOc1nc(-c2ccc3c(c2)OCO3)n(-c2ccc(NC(=O)CC(C)C)cc2)n1. The number of carbonyl (C=O) groups is 1. The number of hydrogen-bond acceptors (Lipinski definition) is 7. The Morgan fingerprint density at radius 2 is 1.91 bits per heavy atom. The first-order chi connectivity index (χ1) is 16.0. The van der Waals surface area contributed by atoms with E-state index in [2.05, 4.69) is 15.4 Å². The fourth-order valence-electron chi connectivity index (χ4n) is 3.36. The molecule has 0 aliphatic carbocycles. The van der Waals surface area contributed by atoms with E-state index in [4.69, 9.17) is 18.9 Å². The summed E-state index contributed by atoms with van der Waals surface area (Å²) < 4.78 is 23.7. The third kappa shape index (κ3) is 5.61. The fourth-order valence-corrected chi connectivity index (χ4v) is 3.36. The summed E-state index contributed by atoms with van der Waals surface area (Å²) in [6.45, 7) is 7.57. The zero-order chi connectivity index (χ0) is 23.2. The van der Waals surface area contributed by atoms with E-state index < -0.39 is 0 Å². The van der Waals surface area contributed by atoms with E-state index in [0.717, 1.165) is 16.9 Å². The van der Waals surface area contributed by atoms with E-state index in [-0.39, 0.29) is 18.7 Å². The molecule has 1 aromatic heterocycles. The summed E-state index contributed by atoms with van der Waals surface area (Å²) in [6, 6.07) is 13.3. The van der Waals surface area contributed by atoms with Crippen molar-refractivity contribution in [1.82, 2.24) is 14.8 Å². The molecule has 3 aromatic rings. The molecule has 0 bridgehead atoms. The zero-order valence-electron chi connectivity index (χ0n) is 19.0. The second kappa shape index (κ2) is 10.4. The summed E-state index contributed by atoms with van der Waals surface area (Å²) in [5.74, 6) is 2.23. The number of nitrogens with one attached hydrogen (secondary N) is 1. The summed E-state index contributed by atoms with van der Waals surface area (Å²) >= 11 is 0. The number of nitrogens with zero attached hydrogens (tertiary/aromatic N) is 3. The first-order valence-corrected chi connectivity index (χ1v) is 11.0. The first-order valence-electron chi connectivity index (χ1n) is 11.0. The van der Waals surface area contributed by atoms with Crippen molar-refractivity contribution in [2.24, 2.45) is 5.92 Å². The number of amides is 1. The van der Waals surface area contributed by atoms with Gasteiger partial charge < -0.3 is 24.3 Å². The molecular formula is C24H28N4O5. The van der Waals surface area contributed by atoms with Gasteiger partial charge in [-0.3, -0.25) is 4.79 Å². The highest BCUT2D eigenvalue weighted by atomic mass is 16.7. The van der Waals surface area contributed by atoms with Crippen LogP contribution in [0.25, 0.3) is 17.1 Å². The number of ether oxygens (including phenoxy) is 4. The minimum atomic E-state index is -0.00969. The average Bonchev–Trinajstić information content (AvgIpc) is 3.43. The molecule has 174 valence electrons. The van der Waals surface area contributed by atoms with E-state index >= 15 is 0 Å². The Kier molecular flexibility index (Phi) is 7.09. The maximum atomic E-state index is 12.1. The van der Waals surface area contributed by atoms with Gasteiger partial charge in [0.1, 0.15) is 6.61 Å². The number of rotatable bonds is 10. The van der Waals surface area contributed by atoms with Crippen LogP contribution in [0.15, 0.2) is 42.5 Å². The van der Waals surface area contributed by atoms with E-state index in [9.17, 15) is 4.79 Å². The highest BCUT2D eigenvalue weighted by Crippen LogP contribution is 2.36. The number of aromatic nitrogens is 3. The summed E-state index contributed by atoms with van der Waals surface area (Å²) in [5, 5.41) is 7.46. The number of anilines is 1. The van der Waals surface area contributed by atoms with Gasteiger partial charge in [-0.05, 0) is 55.3 Å². The Bertz CT molecular complexity index is 1090. The van der Waals surface area contributed by atoms with Gasteiger partial charge in [0.15, 0.2) is 17.3 Å². The van der Waals surface area contributed by atoms with Gasteiger partial charge in [0.2, 0.25) is 12.7 Å². The van der Waals surface area contributed by atoms with E-state index in [1.165, 1.54) is 0 Å². The predicted octanol–water partition coefficient (Wildman–Crippen LogP) is 4.06. The molecule has 0 saturated heterocycles. The summed E-state index contributed by atoms with van der Waals surface area (Å²) in [6.07, 6.45) is 0.474. The molecule has 9 nitrogen and oxygen atoms in total. The van der Waals surface area contributed by atoms with Crippen LogP contribution in [0, 0.1) is 5.92 Å². The molecule has 1 N–H and O–H groups in total. The maximum Gasteiger partial charge on any atom is 0.336 e. The van der Waals surface area contributed by atoms with Crippen LogP contribution in [-0.4, -0.2) is 47.3 Å². The molecular weight excluding hydrogens is 424 g/mol. The van der Waals surface area contributed by atoms with Crippen LogP contribution >= 0.6 is 0 Å². The van der Waals surface area contributed by atoms with Crippen LogP contribution in [-0.2, 0) is 9.53 Å². The fraction of sp³-hybridized carbons (Fsp3) is 0.375. The number of hydrogen-bond donors (Lipinski definition) is 1. The lowest BCUT2D eigenvalue weighted by Crippen LogP contribution is -2.13. The molecule has 0 atom stereocenters. The zero-order valence-corrected chi connectivity index (χ0v) is 19.0. The highest BCUT2D eigenvalue weighted by molar-refractivity contribution is 5.90. The Morgan fingerprint density at radius 1 is 1.12 bits per heavy atom. The van der Waals surface area contributed by atoms with E-state index in [1.807, 2.05) is 63.2 Å². The minimum Gasteiger partial charge on any atom is -0.460 e. The molecule has 2 heterocycles. The normalized spacial score (nSPS) is 12.2.